The van der Waals surface area contributed by atoms with E-state index in [1.54, 1.807) is 6.07 Å². The molecule has 0 saturated heterocycles. The monoisotopic (exact) mass is 361 g/mol. The van der Waals surface area contributed by atoms with E-state index in [1.165, 1.54) is 12.5 Å². The third-order valence-electron chi connectivity index (χ3n) is 4.35. The van der Waals surface area contributed by atoms with Gasteiger partial charge in [-0.1, -0.05) is 81.6 Å². The molecule has 0 aliphatic rings. The molecule has 0 fully saturated rings. The highest BCUT2D eigenvalue weighted by Crippen LogP contribution is 2.26. The molecule has 0 unspecified atom stereocenters. The largest absolute Gasteiger partial charge is 0.463 e. The molecule has 0 aliphatic heterocycles. The lowest BCUT2D eigenvalue weighted by Crippen LogP contribution is -2.05. The molecule has 0 N–H and O–H groups in total. The van der Waals surface area contributed by atoms with Gasteiger partial charge in [-0.2, -0.15) is 5.26 Å². The van der Waals surface area contributed by atoms with Gasteiger partial charge in [0.05, 0.1) is 18.2 Å². The van der Waals surface area contributed by atoms with Crippen molar-refractivity contribution in [3.8, 4) is 6.07 Å². The van der Waals surface area contributed by atoms with Crippen LogP contribution in [0.1, 0.15) is 56.2 Å². The minimum atomic E-state index is -0.370. The van der Waals surface area contributed by atoms with Gasteiger partial charge in [0.2, 0.25) is 0 Å². The zero-order valence-electron chi connectivity index (χ0n) is 16.2. The molecule has 0 aliphatic carbocycles. The van der Waals surface area contributed by atoms with Crippen molar-refractivity contribution >= 4 is 11.5 Å². The second kappa shape index (κ2) is 11.0. The first-order chi connectivity index (χ1) is 13.1. The van der Waals surface area contributed by atoms with Crippen LogP contribution in [0, 0.1) is 17.2 Å². The van der Waals surface area contributed by atoms with Crippen molar-refractivity contribution in [2.24, 2.45) is 5.92 Å². The third-order valence-corrected chi connectivity index (χ3v) is 4.35. The number of unbranched alkanes of at least 4 members (excludes halogenated alkanes) is 2. The van der Waals surface area contributed by atoms with E-state index in [4.69, 9.17) is 4.74 Å². The van der Waals surface area contributed by atoms with E-state index in [0.717, 1.165) is 30.4 Å². The van der Waals surface area contributed by atoms with Gasteiger partial charge in [0.1, 0.15) is 0 Å². The Labute approximate surface area is 162 Å². The van der Waals surface area contributed by atoms with Gasteiger partial charge in [-0.05, 0) is 29.5 Å². The smallest absolute Gasteiger partial charge is 0.331 e. The fourth-order valence-electron chi connectivity index (χ4n) is 2.91. The normalized spacial score (nSPS) is 11.3. The number of benzene rings is 2. The highest BCUT2D eigenvalue weighted by atomic mass is 16.5. The van der Waals surface area contributed by atoms with E-state index >= 15 is 0 Å². The van der Waals surface area contributed by atoms with Crippen LogP contribution in [0.5, 0.6) is 0 Å². The maximum absolute atomic E-state index is 12.4. The zero-order valence-corrected chi connectivity index (χ0v) is 16.2. The van der Waals surface area contributed by atoms with E-state index in [0.29, 0.717) is 23.7 Å². The molecule has 3 heteroatoms. The molecule has 2 rings (SSSR count). The molecule has 140 valence electrons. The van der Waals surface area contributed by atoms with Gasteiger partial charge in [0.25, 0.3) is 0 Å². The summed E-state index contributed by atoms with van der Waals surface area (Å²) in [6, 6.07) is 19.1. The van der Waals surface area contributed by atoms with E-state index in [-0.39, 0.29) is 5.97 Å². The molecule has 2 aromatic rings. The predicted molar refractivity (Wildman–Crippen MR) is 109 cm³/mol. The Balaban J connectivity index is 2.10. The Bertz CT molecular complexity index is 801. The Morgan fingerprint density at radius 1 is 1.04 bits per heavy atom. The Morgan fingerprint density at radius 2 is 1.74 bits per heavy atom. The summed E-state index contributed by atoms with van der Waals surface area (Å²) in [5.74, 6) is 0.342. The van der Waals surface area contributed by atoms with Crippen molar-refractivity contribution < 1.29 is 9.53 Å². The van der Waals surface area contributed by atoms with Crippen LogP contribution in [0.2, 0.25) is 0 Å². The molecule has 0 saturated carbocycles. The summed E-state index contributed by atoms with van der Waals surface area (Å²) in [5.41, 5.74) is 2.86. The first kappa shape index (κ1) is 20.5. The molecule has 2 aromatic carbocycles. The fourth-order valence-corrected chi connectivity index (χ4v) is 2.91. The number of carbonyl (C=O) groups is 1. The van der Waals surface area contributed by atoms with Crippen LogP contribution >= 0.6 is 0 Å². The average Bonchev–Trinajstić information content (AvgIpc) is 2.69. The topological polar surface area (TPSA) is 50.1 Å². The predicted octanol–water partition coefficient (Wildman–Crippen LogP) is 5.75. The van der Waals surface area contributed by atoms with E-state index in [2.05, 4.69) is 19.9 Å². The standard InChI is InChI=1S/C24H27NO2/c1-19(2)11-5-4-10-16-27-24(26)17-23(20-12-6-3-7-13-20)22-15-9-8-14-21(22)18-25/h3,6-9,12-15,17,19H,4-5,10-11,16H2,1-2H3. The summed E-state index contributed by atoms with van der Waals surface area (Å²) in [6.45, 7) is 4.86. The van der Waals surface area contributed by atoms with Crippen LogP contribution in [-0.4, -0.2) is 12.6 Å². The van der Waals surface area contributed by atoms with E-state index in [9.17, 15) is 10.1 Å². The minimum absolute atomic E-state index is 0.370. The van der Waals surface area contributed by atoms with Crippen molar-refractivity contribution in [3.05, 3.63) is 77.4 Å². The molecule has 0 heterocycles. The highest BCUT2D eigenvalue weighted by Gasteiger charge is 2.12. The van der Waals surface area contributed by atoms with Crippen molar-refractivity contribution in [1.82, 2.24) is 0 Å². The lowest BCUT2D eigenvalue weighted by atomic mass is 9.94. The Morgan fingerprint density at radius 3 is 2.44 bits per heavy atom. The third kappa shape index (κ3) is 6.75. The van der Waals surface area contributed by atoms with Crippen LogP contribution in [0.3, 0.4) is 0 Å². The van der Waals surface area contributed by atoms with Crippen LogP contribution in [0.4, 0.5) is 0 Å². The van der Waals surface area contributed by atoms with Crippen molar-refractivity contribution in [2.75, 3.05) is 6.61 Å². The molecule has 0 radical (unpaired) electrons. The zero-order chi connectivity index (χ0) is 19.5. The van der Waals surface area contributed by atoms with E-state index in [1.807, 2.05) is 48.5 Å². The first-order valence-corrected chi connectivity index (χ1v) is 9.55. The van der Waals surface area contributed by atoms with Crippen LogP contribution in [0.25, 0.3) is 5.57 Å². The number of nitriles is 1. The number of carbonyl (C=O) groups excluding carboxylic acids is 1. The number of ether oxygens (including phenoxy) is 1. The molecule has 0 bridgehead atoms. The summed E-state index contributed by atoms with van der Waals surface area (Å²) in [4.78, 5) is 12.4. The minimum Gasteiger partial charge on any atom is -0.463 e. The summed E-state index contributed by atoms with van der Waals surface area (Å²) in [5, 5.41) is 9.42. The Kier molecular flexibility index (Phi) is 8.32. The molecule has 0 aromatic heterocycles. The van der Waals surface area contributed by atoms with Gasteiger partial charge >= 0.3 is 5.97 Å². The molecule has 0 spiro atoms. The molecule has 3 nitrogen and oxygen atoms in total. The second-order valence-electron chi connectivity index (χ2n) is 6.99. The summed E-state index contributed by atoms with van der Waals surface area (Å²) in [7, 11) is 0. The molecule has 27 heavy (non-hydrogen) atoms. The summed E-state index contributed by atoms with van der Waals surface area (Å²) in [6.07, 6.45) is 5.81. The summed E-state index contributed by atoms with van der Waals surface area (Å²) >= 11 is 0. The van der Waals surface area contributed by atoms with Crippen molar-refractivity contribution in [2.45, 2.75) is 39.5 Å². The van der Waals surface area contributed by atoms with Crippen molar-refractivity contribution in [1.29, 1.82) is 5.26 Å². The quantitative estimate of drug-likeness (QED) is 0.325. The van der Waals surface area contributed by atoms with Crippen LogP contribution in [0.15, 0.2) is 60.7 Å². The highest BCUT2D eigenvalue weighted by molar-refractivity contribution is 5.97. The van der Waals surface area contributed by atoms with Gasteiger partial charge in [-0.3, -0.25) is 0 Å². The number of hydrogen-bond donors (Lipinski definition) is 0. The average molecular weight is 361 g/mol. The molecule has 0 amide bonds. The second-order valence-corrected chi connectivity index (χ2v) is 6.99. The SMILES string of the molecule is CC(C)CCCCCOC(=O)C=C(c1ccccc1)c1ccccc1C#N. The van der Waals surface area contributed by atoms with Gasteiger partial charge in [-0.25, -0.2) is 4.79 Å². The van der Waals surface area contributed by atoms with Gasteiger partial charge < -0.3 is 4.74 Å². The first-order valence-electron chi connectivity index (χ1n) is 9.55. The Hall–Kier alpha value is -2.86. The van der Waals surface area contributed by atoms with Crippen LogP contribution < -0.4 is 0 Å². The van der Waals surface area contributed by atoms with Gasteiger partial charge in [-0.15, -0.1) is 0 Å². The maximum Gasteiger partial charge on any atom is 0.331 e. The lowest BCUT2D eigenvalue weighted by Gasteiger charge is -2.10. The number of hydrogen-bond acceptors (Lipinski definition) is 3. The summed E-state index contributed by atoms with van der Waals surface area (Å²) < 4.78 is 5.40. The molecular weight excluding hydrogens is 334 g/mol. The van der Waals surface area contributed by atoms with Gasteiger partial charge in [0, 0.05) is 11.6 Å². The van der Waals surface area contributed by atoms with E-state index < -0.39 is 0 Å². The van der Waals surface area contributed by atoms with Gasteiger partial charge in [0.15, 0.2) is 0 Å². The number of esters is 1. The van der Waals surface area contributed by atoms with Crippen molar-refractivity contribution in [3.63, 3.8) is 0 Å². The fraction of sp³-hybridized carbons (Fsp3) is 0.333. The maximum atomic E-state index is 12.4. The molecule has 0 atom stereocenters. The van der Waals surface area contributed by atoms with Crippen LogP contribution in [-0.2, 0) is 9.53 Å². The number of nitrogens with zero attached hydrogens (tertiary/aromatic N) is 1. The number of rotatable bonds is 9. The molecular formula is C24H27NO2. The lowest BCUT2D eigenvalue weighted by molar-refractivity contribution is -0.137.